The van der Waals surface area contributed by atoms with Crippen LogP contribution in [0.5, 0.6) is 0 Å². The van der Waals surface area contributed by atoms with Crippen molar-refractivity contribution in [3.05, 3.63) is 28.5 Å². The van der Waals surface area contributed by atoms with Crippen molar-refractivity contribution in [2.24, 2.45) is 10.7 Å². The standard InChI is InChI=1S/C9H10BrN3/c10-7-3-6(4-12-5-7)8-1-2-9(11)13-8/h3-5,8H,1-2H2,(H2,11,13). The molecule has 2 rings (SSSR count). The highest BCUT2D eigenvalue weighted by molar-refractivity contribution is 9.10. The quantitative estimate of drug-likeness (QED) is 0.816. The zero-order valence-electron chi connectivity index (χ0n) is 7.07. The van der Waals surface area contributed by atoms with Crippen molar-refractivity contribution in [3.8, 4) is 0 Å². The number of hydrogen-bond donors (Lipinski definition) is 1. The molecule has 68 valence electrons. The molecule has 1 aliphatic heterocycles. The maximum atomic E-state index is 5.62. The summed E-state index contributed by atoms with van der Waals surface area (Å²) in [5.41, 5.74) is 6.75. The van der Waals surface area contributed by atoms with Crippen LogP contribution < -0.4 is 5.73 Å². The number of pyridine rings is 1. The van der Waals surface area contributed by atoms with Crippen molar-refractivity contribution in [2.75, 3.05) is 0 Å². The molecular formula is C9H10BrN3. The SMILES string of the molecule is NC1=NC(c2cncc(Br)c2)CC1. The monoisotopic (exact) mass is 239 g/mol. The van der Waals surface area contributed by atoms with Gasteiger partial charge in [0.05, 0.1) is 11.9 Å². The highest BCUT2D eigenvalue weighted by Gasteiger charge is 2.17. The van der Waals surface area contributed by atoms with Gasteiger partial charge in [-0.15, -0.1) is 0 Å². The van der Waals surface area contributed by atoms with Crippen LogP contribution >= 0.6 is 15.9 Å². The van der Waals surface area contributed by atoms with Gasteiger partial charge in [-0.1, -0.05) is 0 Å². The van der Waals surface area contributed by atoms with Crippen LogP contribution in [0.2, 0.25) is 0 Å². The minimum absolute atomic E-state index is 0.213. The van der Waals surface area contributed by atoms with Crippen LogP contribution in [-0.4, -0.2) is 10.8 Å². The normalized spacial score (nSPS) is 21.6. The number of aliphatic imine (C=N–C) groups is 1. The number of halogens is 1. The van der Waals surface area contributed by atoms with Crippen molar-refractivity contribution in [1.82, 2.24) is 4.98 Å². The van der Waals surface area contributed by atoms with Gasteiger partial charge in [-0.3, -0.25) is 9.98 Å². The maximum Gasteiger partial charge on any atom is 0.0945 e. The zero-order valence-corrected chi connectivity index (χ0v) is 8.66. The average molecular weight is 240 g/mol. The summed E-state index contributed by atoms with van der Waals surface area (Å²) in [6, 6.07) is 2.25. The first-order valence-electron chi connectivity index (χ1n) is 4.18. The molecule has 13 heavy (non-hydrogen) atoms. The smallest absolute Gasteiger partial charge is 0.0945 e. The summed E-state index contributed by atoms with van der Waals surface area (Å²) in [6.45, 7) is 0. The van der Waals surface area contributed by atoms with Crippen molar-refractivity contribution in [1.29, 1.82) is 0 Å². The molecule has 1 aromatic heterocycles. The largest absolute Gasteiger partial charge is 0.387 e. The van der Waals surface area contributed by atoms with Gasteiger partial charge in [0.2, 0.25) is 0 Å². The van der Waals surface area contributed by atoms with E-state index in [1.165, 1.54) is 0 Å². The van der Waals surface area contributed by atoms with E-state index in [9.17, 15) is 0 Å². The van der Waals surface area contributed by atoms with Gasteiger partial charge in [-0.25, -0.2) is 0 Å². The fraction of sp³-hybridized carbons (Fsp3) is 0.333. The first-order chi connectivity index (χ1) is 6.25. The molecule has 0 saturated carbocycles. The predicted molar refractivity (Wildman–Crippen MR) is 55.5 cm³/mol. The van der Waals surface area contributed by atoms with Crippen LogP contribution in [0.25, 0.3) is 0 Å². The Morgan fingerprint density at radius 1 is 1.46 bits per heavy atom. The number of rotatable bonds is 1. The minimum Gasteiger partial charge on any atom is -0.387 e. The summed E-state index contributed by atoms with van der Waals surface area (Å²) in [5.74, 6) is 0.755. The van der Waals surface area contributed by atoms with Gasteiger partial charge in [0, 0.05) is 23.3 Å². The van der Waals surface area contributed by atoms with Crippen LogP contribution in [0.4, 0.5) is 0 Å². The molecule has 0 spiro atoms. The number of hydrogen-bond acceptors (Lipinski definition) is 3. The molecule has 4 heteroatoms. The van der Waals surface area contributed by atoms with Crippen LogP contribution in [-0.2, 0) is 0 Å². The maximum absolute atomic E-state index is 5.62. The lowest BCUT2D eigenvalue weighted by atomic mass is 10.1. The topological polar surface area (TPSA) is 51.3 Å². The first kappa shape index (κ1) is 8.69. The third-order valence-electron chi connectivity index (χ3n) is 2.11. The molecule has 2 heterocycles. The number of amidine groups is 1. The third-order valence-corrected chi connectivity index (χ3v) is 2.54. The molecule has 1 aliphatic rings. The van der Waals surface area contributed by atoms with Crippen molar-refractivity contribution in [2.45, 2.75) is 18.9 Å². The first-order valence-corrected chi connectivity index (χ1v) is 4.97. The van der Waals surface area contributed by atoms with Gasteiger partial charge in [-0.05, 0) is 34.0 Å². The van der Waals surface area contributed by atoms with Crippen molar-refractivity contribution >= 4 is 21.8 Å². The third kappa shape index (κ3) is 1.88. The molecule has 0 fully saturated rings. The summed E-state index contributed by atoms with van der Waals surface area (Å²) >= 11 is 3.38. The molecule has 0 aliphatic carbocycles. The molecular weight excluding hydrogens is 230 g/mol. The lowest BCUT2D eigenvalue weighted by Gasteiger charge is -2.05. The van der Waals surface area contributed by atoms with E-state index in [0.29, 0.717) is 0 Å². The molecule has 1 unspecified atom stereocenters. The van der Waals surface area contributed by atoms with E-state index in [2.05, 4.69) is 25.9 Å². The Morgan fingerprint density at radius 2 is 2.31 bits per heavy atom. The predicted octanol–water partition coefficient (Wildman–Crippen LogP) is 2.04. The second kappa shape index (κ2) is 3.46. The number of aromatic nitrogens is 1. The fourth-order valence-corrected chi connectivity index (χ4v) is 1.85. The highest BCUT2D eigenvalue weighted by atomic mass is 79.9. The molecule has 2 N–H and O–H groups in total. The summed E-state index contributed by atoms with van der Waals surface area (Å²) in [6.07, 6.45) is 5.52. The van der Waals surface area contributed by atoms with Crippen LogP contribution in [0.3, 0.4) is 0 Å². The lowest BCUT2D eigenvalue weighted by Crippen LogP contribution is -2.05. The zero-order chi connectivity index (χ0) is 9.26. The van der Waals surface area contributed by atoms with Crippen molar-refractivity contribution < 1.29 is 0 Å². The van der Waals surface area contributed by atoms with Gasteiger partial charge < -0.3 is 5.73 Å². The van der Waals surface area contributed by atoms with Gasteiger partial charge >= 0.3 is 0 Å². The van der Waals surface area contributed by atoms with E-state index < -0.39 is 0 Å². The Morgan fingerprint density at radius 3 is 2.92 bits per heavy atom. The van der Waals surface area contributed by atoms with Crippen LogP contribution in [0.15, 0.2) is 27.9 Å². The van der Waals surface area contributed by atoms with Gasteiger partial charge in [0.25, 0.3) is 0 Å². The molecule has 0 bridgehead atoms. The van der Waals surface area contributed by atoms with Gasteiger partial charge in [-0.2, -0.15) is 0 Å². The summed E-state index contributed by atoms with van der Waals surface area (Å²) in [5, 5.41) is 0. The van der Waals surface area contributed by atoms with E-state index in [0.717, 1.165) is 28.7 Å². The van der Waals surface area contributed by atoms with E-state index in [1.807, 2.05) is 12.3 Å². The van der Waals surface area contributed by atoms with Crippen LogP contribution in [0.1, 0.15) is 24.4 Å². The van der Waals surface area contributed by atoms with Crippen molar-refractivity contribution in [3.63, 3.8) is 0 Å². The van der Waals surface area contributed by atoms with E-state index in [1.54, 1.807) is 6.20 Å². The molecule has 3 nitrogen and oxygen atoms in total. The van der Waals surface area contributed by atoms with Crippen LogP contribution in [0, 0.1) is 0 Å². The fourth-order valence-electron chi connectivity index (χ4n) is 1.47. The Hall–Kier alpha value is -0.900. The highest BCUT2D eigenvalue weighted by Crippen LogP contribution is 2.28. The molecule has 0 amide bonds. The molecule has 0 radical (unpaired) electrons. The second-order valence-corrected chi connectivity index (χ2v) is 4.03. The molecule has 0 aromatic carbocycles. The Bertz CT molecular complexity index is 348. The van der Waals surface area contributed by atoms with Gasteiger partial charge in [0.1, 0.15) is 0 Å². The van der Waals surface area contributed by atoms with E-state index >= 15 is 0 Å². The Balaban J connectivity index is 2.26. The molecule has 0 saturated heterocycles. The lowest BCUT2D eigenvalue weighted by molar-refractivity contribution is 0.719. The minimum atomic E-state index is 0.213. The Kier molecular flexibility index (Phi) is 2.31. The molecule has 1 aromatic rings. The molecule has 1 atom stereocenters. The van der Waals surface area contributed by atoms with E-state index in [-0.39, 0.29) is 6.04 Å². The second-order valence-electron chi connectivity index (χ2n) is 3.11. The summed E-state index contributed by atoms with van der Waals surface area (Å²) in [7, 11) is 0. The Labute approximate surface area is 85.2 Å². The number of nitrogens with two attached hydrogens (primary N) is 1. The number of nitrogens with zero attached hydrogens (tertiary/aromatic N) is 2. The summed E-state index contributed by atoms with van der Waals surface area (Å²) in [4.78, 5) is 8.43. The summed E-state index contributed by atoms with van der Waals surface area (Å²) < 4.78 is 0.991. The average Bonchev–Trinajstić information content (AvgIpc) is 2.52. The van der Waals surface area contributed by atoms with E-state index in [4.69, 9.17) is 5.73 Å². The van der Waals surface area contributed by atoms with Gasteiger partial charge in [0.15, 0.2) is 0 Å².